The van der Waals surface area contributed by atoms with Gasteiger partial charge in [-0.1, -0.05) is 25.0 Å². The number of carbonyl (C=O) groups excluding carboxylic acids is 1. The van der Waals surface area contributed by atoms with Crippen LogP contribution in [-0.4, -0.2) is 32.6 Å². The number of hydrogen-bond acceptors (Lipinski definition) is 3. The Hall–Kier alpha value is -2.11. The Morgan fingerprint density at radius 3 is 2.62 bits per heavy atom. The van der Waals surface area contributed by atoms with Crippen LogP contribution in [0.1, 0.15) is 43.2 Å². The number of nitrogens with one attached hydrogen (secondary N) is 2. The average molecular weight is 337 g/mol. The van der Waals surface area contributed by atoms with Crippen molar-refractivity contribution >= 4 is 11.9 Å². The number of unbranched alkanes of at least 4 members (excludes halogenated alkanes) is 3. The molecule has 1 aromatic carbocycles. The van der Waals surface area contributed by atoms with Crippen molar-refractivity contribution in [2.45, 2.75) is 45.6 Å². The molecular formula is C18H28FN3O2. The van der Waals surface area contributed by atoms with Gasteiger partial charge in [0.05, 0.1) is 7.11 Å². The molecule has 0 amide bonds. The van der Waals surface area contributed by atoms with Gasteiger partial charge < -0.3 is 15.4 Å². The van der Waals surface area contributed by atoms with Gasteiger partial charge in [0.15, 0.2) is 5.96 Å². The van der Waals surface area contributed by atoms with Crippen molar-refractivity contribution in [3.05, 3.63) is 35.1 Å². The zero-order valence-corrected chi connectivity index (χ0v) is 14.8. The van der Waals surface area contributed by atoms with Crippen LogP contribution in [0.15, 0.2) is 23.2 Å². The minimum absolute atomic E-state index is 0.148. The molecule has 2 N–H and O–H groups in total. The van der Waals surface area contributed by atoms with E-state index in [1.54, 1.807) is 20.0 Å². The molecule has 24 heavy (non-hydrogen) atoms. The van der Waals surface area contributed by atoms with Crippen LogP contribution in [0.2, 0.25) is 0 Å². The number of aryl methyl sites for hydroxylation is 1. The van der Waals surface area contributed by atoms with Crippen LogP contribution in [0.4, 0.5) is 4.39 Å². The first-order chi connectivity index (χ1) is 11.6. The number of carbonyl (C=O) groups is 1. The summed E-state index contributed by atoms with van der Waals surface area (Å²) in [5, 5.41) is 6.40. The summed E-state index contributed by atoms with van der Waals surface area (Å²) >= 11 is 0. The molecule has 0 radical (unpaired) electrons. The van der Waals surface area contributed by atoms with Crippen molar-refractivity contribution in [2.75, 3.05) is 20.7 Å². The van der Waals surface area contributed by atoms with Gasteiger partial charge in [-0.15, -0.1) is 0 Å². The highest BCUT2D eigenvalue weighted by Gasteiger charge is 2.02. The molecule has 0 saturated carbocycles. The fourth-order valence-corrected chi connectivity index (χ4v) is 2.21. The number of aliphatic imine (C=N–C) groups is 1. The van der Waals surface area contributed by atoms with Gasteiger partial charge in [-0.05, 0) is 37.0 Å². The Labute approximate surface area is 143 Å². The Balaban J connectivity index is 2.16. The largest absolute Gasteiger partial charge is 0.469 e. The Morgan fingerprint density at radius 2 is 1.96 bits per heavy atom. The maximum absolute atomic E-state index is 13.5. The second-order valence-electron chi connectivity index (χ2n) is 5.68. The van der Waals surface area contributed by atoms with Crippen molar-refractivity contribution in [1.82, 2.24) is 10.6 Å². The van der Waals surface area contributed by atoms with Gasteiger partial charge >= 0.3 is 5.97 Å². The topological polar surface area (TPSA) is 62.7 Å². The number of esters is 1. The van der Waals surface area contributed by atoms with Gasteiger partial charge in [0.1, 0.15) is 5.82 Å². The van der Waals surface area contributed by atoms with Gasteiger partial charge in [0.25, 0.3) is 0 Å². The van der Waals surface area contributed by atoms with E-state index in [1.807, 2.05) is 6.07 Å². The van der Waals surface area contributed by atoms with E-state index in [2.05, 4.69) is 20.4 Å². The third kappa shape index (κ3) is 7.94. The predicted octanol–water partition coefficient (Wildman–Crippen LogP) is 2.92. The van der Waals surface area contributed by atoms with Gasteiger partial charge in [-0.3, -0.25) is 9.79 Å². The van der Waals surface area contributed by atoms with Crippen LogP contribution in [-0.2, 0) is 16.1 Å². The highest BCUT2D eigenvalue weighted by atomic mass is 19.1. The molecule has 0 heterocycles. The summed E-state index contributed by atoms with van der Waals surface area (Å²) < 4.78 is 18.1. The summed E-state index contributed by atoms with van der Waals surface area (Å²) in [6, 6.07) is 5.22. The van der Waals surface area contributed by atoms with Gasteiger partial charge in [-0.25, -0.2) is 4.39 Å². The van der Waals surface area contributed by atoms with E-state index in [9.17, 15) is 9.18 Å². The van der Waals surface area contributed by atoms with Crippen LogP contribution >= 0.6 is 0 Å². The smallest absolute Gasteiger partial charge is 0.305 e. The van der Waals surface area contributed by atoms with Crippen molar-refractivity contribution < 1.29 is 13.9 Å². The molecule has 0 saturated heterocycles. The van der Waals surface area contributed by atoms with E-state index in [-0.39, 0.29) is 11.8 Å². The second-order valence-corrected chi connectivity index (χ2v) is 5.68. The molecule has 0 aliphatic rings. The first-order valence-corrected chi connectivity index (χ1v) is 8.33. The molecule has 0 fully saturated rings. The predicted molar refractivity (Wildman–Crippen MR) is 94.4 cm³/mol. The quantitative estimate of drug-likeness (QED) is 0.315. The van der Waals surface area contributed by atoms with Crippen LogP contribution in [0.5, 0.6) is 0 Å². The number of ether oxygens (including phenoxy) is 1. The lowest BCUT2D eigenvalue weighted by Gasteiger charge is -2.12. The van der Waals surface area contributed by atoms with E-state index in [1.165, 1.54) is 13.2 Å². The van der Waals surface area contributed by atoms with Crippen molar-refractivity contribution in [3.63, 3.8) is 0 Å². The fourth-order valence-electron chi connectivity index (χ4n) is 2.21. The molecule has 5 nitrogen and oxygen atoms in total. The Bertz CT molecular complexity index is 547. The number of guanidine groups is 1. The number of benzene rings is 1. The normalized spacial score (nSPS) is 11.2. The van der Waals surface area contributed by atoms with Gasteiger partial charge in [0, 0.05) is 26.6 Å². The van der Waals surface area contributed by atoms with Gasteiger partial charge in [-0.2, -0.15) is 0 Å². The number of halogens is 1. The maximum atomic E-state index is 13.5. The summed E-state index contributed by atoms with van der Waals surface area (Å²) in [7, 11) is 3.12. The molecule has 1 aromatic rings. The minimum atomic E-state index is -0.191. The minimum Gasteiger partial charge on any atom is -0.469 e. The zero-order chi connectivity index (χ0) is 17.8. The summed E-state index contributed by atoms with van der Waals surface area (Å²) in [6.45, 7) is 3.08. The van der Waals surface area contributed by atoms with Crippen molar-refractivity contribution in [2.24, 2.45) is 4.99 Å². The lowest BCUT2D eigenvalue weighted by Crippen LogP contribution is -2.37. The van der Waals surface area contributed by atoms with E-state index >= 15 is 0 Å². The first-order valence-electron chi connectivity index (χ1n) is 8.33. The van der Waals surface area contributed by atoms with E-state index < -0.39 is 0 Å². The van der Waals surface area contributed by atoms with Crippen molar-refractivity contribution in [1.29, 1.82) is 0 Å². The maximum Gasteiger partial charge on any atom is 0.305 e. The molecule has 134 valence electrons. The van der Waals surface area contributed by atoms with Crippen LogP contribution in [0.3, 0.4) is 0 Å². The van der Waals surface area contributed by atoms with Gasteiger partial charge in [0.2, 0.25) is 0 Å². The monoisotopic (exact) mass is 337 g/mol. The fraction of sp³-hybridized carbons (Fsp3) is 0.556. The highest BCUT2D eigenvalue weighted by molar-refractivity contribution is 5.79. The number of methoxy groups -OCH3 is 1. The first kappa shape index (κ1) is 19.9. The molecule has 0 atom stereocenters. The summed E-state index contributed by atoms with van der Waals surface area (Å²) in [5.74, 6) is 0.361. The molecule has 0 aliphatic carbocycles. The molecule has 0 aliphatic heterocycles. The SMILES string of the molecule is CN=C(NCCCCCCC(=O)OC)NCc1ccc(C)c(F)c1. The standard InChI is InChI=1S/C18H28FN3O2/c1-14-9-10-15(12-16(14)19)13-22-18(20-2)21-11-7-5-4-6-8-17(23)24-3/h9-10,12H,4-8,11,13H2,1-3H3,(H2,20,21,22). The molecule has 0 aromatic heterocycles. The summed E-state index contributed by atoms with van der Waals surface area (Å²) in [6.07, 6.45) is 4.40. The third-order valence-electron chi connectivity index (χ3n) is 3.75. The molecule has 0 spiro atoms. The Morgan fingerprint density at radius 1 is 1.21 bits per heavy atom. The number of nitrogens with zero attached hydrogens (tertiary/aromatic N) is 1. The van der Waals surface area contributed by atoms with E-state index in [0.717, 1.165) is 37.8 Å². The lowest BCUT2D eigenvalue weighted by molar-refractivity contribution is -0.140. The van der Waals surface area contributed by atoms with Crippen molar-refractivity contribution in [3.8, 4) is 0 Å². The number of hydrogen-bond donors (Lipinski definition) is 2. The Kier molecular flexibility index (Phi) is 9.49. The molecular weight excluding hydrogens is 309 g/mol. The molecule has 6 heteroatoms. The third-order valence-corrected chi connectivity index (χ3v) is 3.75. The second kappa shape index (κ2) is 11.4. The molecule has 0 bridgehead atoms. The molecule has 0 unspecified atom stereocenters. The molecule has 1 rings (SSSR count). The average Bonchev–Trinajstić information content (AvgIpc) is 2.59. The summed E-state index contributed by atoms with van der Waals surface area (Å²) in [4.78, 5) is 15.1. The van der Waals surface area contributed by atoms with Crippen LogP contribution in [0, 0.1) is 12.7 Å². The van der Waals surface area contributed by atoms with Crippen LogP contribution < -0.4 is 10.6 Å². The highest BCUT2D eigenvalue weighted by Crippen LogP contribution is 2.08. The lowest BCUT2D eigenvalue weighted by atomic mass is 10.1. The summed E-state index contributed by atoms with van der Waals surface area (Å²) in [5.41, 5.74) is 1.53. The van der Waals surface area contributed by atoms with E-state index in [0.29, 0.717) is 24.5 Å². The number of rotatable bonds is 9. The van der Waals surface area contributed by atoms with E-state index in [4.69, 9.17) is 0 Å². The van der Waals surface area contributed by atoms with Crippen LogP contribution in [0.25, 0.3) is 0 Å². The zero-order valence-electron chi connectivity index (χ0n) is 14.8.